The molecule has 0 fully saturated rings. The first-order valence-corrected chi connectivity index (χ1v) is 9.79. The van der Waals surface area contributed by atoms with Gasteiger partial charge in [-0.2, -0.15) is 0 Å². The molecular formula is C23H33NO2. The van der Waals surface area contributed by atoms with Gasteiger partial charge in [-0.05, 0) is 56.4 Å². The zero-order chi connectivity index (χ0) is 18.9. The molecule has 0 saturated heterocycles. The Morgan fingerprint density at radius 3 is 2.35 bits per heavy atom. The molecule has 0 aliphatic rings. The normalized spacial score (nSPS) is 13.3. The highest BCUT2D eigenvalue weighted by Gasteiger charge is 2.14. The minimum absolute atomic E-state index is 0.120. The Labute approximate surface area is 158 Å². The van der Waals surface area contributed by atoms with E-state index in [1.165, 1.54) is 5.56 Å². The summed E-state index contributed by atoms with van der Waals surface area (Å²) >= 11 is 0. The average molecular weight is 356 g/mol. The zero-order valence-electron chi connectivity index (χ0n) is 16.8. The third-order valence-electron chi connectivity index (χ3n) is 4.55. The molecule has 2 aromatic carbocycles. The van der Waals surface area contributed by atoms with Crippen LogP contribution in [0, 0.1) is 0 Å². The molecule has 2 unspecified atom stereocenters. The standard InChI is InChI=1S/C23H33NO2/c1-6-18(5)22-13-8-9-14-23(22)26-20(7-2)16-24-19-11-10-12-21(15-19)25-17(3)4/h8-15,17-18,20,24H,6-7,16H2,1-5H3. The van der Waals surface area contributed by atoms with Gasteiger partial charge < -0.3 is 14.8 Å². The summed E-state index contributed by atoms with van der Waals surface area (Å²) in [6, 6.07) is 16.5. The Kier molecular flexibility index (Phi) is 7.83. The van der Waals surface area contributed by atoms with Crippen LogP contribution in [0.25, 0.3) is 0 Å². The van der Waals surface area contributed by atoms with Crippen molar-refractivity contribution in [1.29, 1.82) is 0 Å². The largest absolute Gasteiger partial charge is 0.491 e. The van der Waals surface area contributed by atoms with Crippen molar-refractivity contribution in [3.8, 4) is 11.5 Å². The monoisotopic (exact) mass is 355 g/mol. The van der Waals surface area contributed by atoms with Crippen LogP contribution in [0.1, 0.15) is 58.9 Å². The number of nitrogens with one attached hydrogen (secondary N) is 1. The van der Waals surface area contributed by atoms with E-state index in [0.29, 0.717) is 5.92 Å². The van der Waals surface area contributed by atoms with Crippen molar-refractivity contribution in [1.82, 2.24) is 0 Å². The fourth-order valence-electron chi connectivity index (χ4n) is 2.85. The van der Waals surface area contributed by atoms with Crippen LogP contribution in [0.2, 0.25) is 0 Å². The summed E-state index contributed by atoms with van der Waals surface area (Å²) < 4.78 is 12.1. The Bertz CT molecular complexity index is 669. The van der Waals surface area contributed by atoms with Gasteiger partial charge >= 0.3 is 0 Å². The second-order valence-corrected chi connectivity index (χ2v) is 7.07. The first-order chi connectivity index (χ1) is 12.5. The SMILES string of the molecule is CCC(CNc1cccc(OC(C)C)c1)Oc1ccccc1C(C)CC. The maximum absolute atomic E-state index is 6.34. The molecule has 0 heterocycles. The van der Waals surface area contributed by atoms with E-state index in [0.717, 1.165) is 36.6 Å². The summed E-state index contributed by atoms with van der Waals surface area (Å²) in [7, 11) is 0. The summed E-state index contributed by atoms with van der Waals surface area (Å²) in [4.78, 5) is 0. The number of ether oxygens (including phenoxy) is 2. The molecule has 3 nitrogen and oxygen atoms in total. The molecule has 0 bridgehead atoms. The Morgan fingerprint density at radius 2 is 1.65 bits per heavy atom. The van der Waals surface area contributed by atoms with Crippen LogP contribution in [0.4, 0.5) is 5.69 Å². The van der Waals surface area contributed by atoms with Crippen LogP contribution in [0.5, 0.6) is 11.5 Å². The number of hydrogen-bond donors (Lipinski definition) is 1. The maximum Gasteiger partial charge on any atom is 0.123 e. The molecule has 2 aromatic rings. The molecule has 142 valence electrons. The van der Waals surface area contributed by atoms with Crippen LogP contribution in [0.15, 0.2) is 48.5 Å². The number of anilines is 1. The van der Waals surface area contributed by atoms with Crippen LogP contribution in [-0.2, 0) is 0 Å². The molecule has 0 radical (unpaired) electrons. The van der Waals surface area contributed by atoms with Crippen molar-refractivity contribution in [3.05, 3.63) is 54.1 Å². The molecule has 0 saturated carbocycles. The van der Waals surface area contributed by atoms with E-state index in [2.05, 4.69) is 50.4 Å². The minimum Gasteiger partial charge on any atom is -0.491 e. The molecule has 2 rings (SSSR count). The van der Waals surface area contributed by atoms with Crippen LogP contribution in [0.3, 0.4) is 0 Å². The fourth-order valence-corrected chi connectivity index (χ4v) is 2.85. The predicted octanol–water partition coefficient (Wildman–Crippen LogP) is 6.26. The van der Waals surface area contributed by atoms with E-state index >= 15 is 0 Å². The second-order valence-electron chi connectivity index (χ2n) is 7.07. The van der Waals surface area contributed by atoms with Crippen molar-refractivity contribution >= 4 is 5.69 Å². The number of para-hydroxylation sites is 1. The second kappa shape index (κ2) is 10.1. The quantitative estimate of drug-likeness (QED) is 0.546. The molecular weight excluding hydrogens is 322 g/mol. The summed E-state index contributed by atoms with van der Waals surface area (Å²) in [5, 5.41) is 3.49. The van der Waals surface area contributed by atoms with E-state index in [1.54, 1.807) is 0 Å². The molecule has 0 amide bonds. The molecule has 0 aliphatic heterocycles. The fraction of sp³-hybridized carbons (Fsp3) is 0.478. The van der Waals surface area contributed by atoms with Crippen LogP contribution in [-0.4, -0.2) is 18.8 Å². The van der Waals surface area contributed by atoms with E-state index in [1.807, 2.05) is 38.1 Å². The number of rotatable bonds is 10. The van der Waals surface area contributed by atoms with E-state index in [4.69, 9.17) is 9.47 Å². The average Bonchev–Trinajstić information content (AvgIpc) is 2.64. The Morgan fingerprint density at radius 1 is 0.885 bits per heavy atom. The third-order valence-corrected chi connectivity index (χ3v) is 4.55. The molecule has 0 spiro atoms. The van der Waals surface area contributed by atoms with Crippen LogP contribution >= 0.6 is 0 Å². The van der Waals surface area contributed by atoms with Gasteiger partial charge in [0.05, 0.1) is 12.6 Å². The molecule has 26 heavy (non-hydrogen) atoms. The van der Waals surface area contributed by atoms with Crippen molar-refractivity contribution < 1.29 is 9.47 Å². The Balaban J connectivity index is 2.00. The van der Waals surface area contributed by atoms with Gasteiger partial charge in [-0.1, -0.05) is 45.0 Å². The lowest BCUT2D eigenvalue weighted by molar-refractivity contribution is 0.207. The van der Waals surface area contributed by atoms with Crippen LogP contribution < -0.4 is 14.8 Å². The van der Waals surface area contributed by atoms with E-state index < -0.39 is 0 Å². The summed E-state index contributed by atoms with van der Waals surface area (Å²) in [5.41, 5.74) is 2.35. The summed E-state index contributed by atoms with van der Waals surface area (Å²) in [6.07, 6.45) is 2.35. The topological polar surface area (TPSA) is 30.5 Å². The number of hydrogen-bond acceptors (Lipinski definition) is 3. The number of benzene rings is 2. The van der Waals surface area contributed by atoms with E-state index in [-0.39, 0.29) is 12.2 Å². The van der Waals surface area contributed by atoms with Crippen molar-refractivity contribution in [2.75, 3.05) is 11.9 Å². The van der Waals surface area contributed by atoms with Gasteiger partial charge in [-0.15, -0.1) is 0 Å². The molecule has 1 N–H and O–H groups in total. The maximum atomic E-state index is 6.34. The van der Waals surface area contributed by atoms with Gasteiger partial charge in [0.25, 0.3) is 0 Å². The summed E-state index contributed by atoms with van der Waals surface area (Å²) in [6.45, 7) is 11.5. The lowest BCUT2D eigenvalue weighted by Gasteiger charge is -2.22. The van der Waals surface area contributed by atoms with Gasteiger partial charge in [0.2, 0.25) is 0 Å². The van der Waals surface area contributed by atoms with E-state index in [9.17, 15) is 0 Å². The summed E-state index contributed by atoms with van der Waals surface area (Å²) in [5.74, 6) is 2.40. The highest BCUT2D eigenvalue weighted by atomic mass is 16.5. The lowest BCUT2D eigenvalue weighted by Crippen LogP contribution is -2.26. The zero-order valence-corrected chi connectivity index (χ0v) is 16.8. The smallest absolute Gasteiger partial charge is 0.123 e. The van der Waals surface area contributed by atoms with Gasteiger partial charge in [-0.3, -0.25) is 0 Å². The highest BCUT2D eigenvalue weighted by molar-refractivity contribution is 5.48. The third kappa shape index (κ3) is 5.98. The molecule has 2 atom stereocenters. The minimum atomic E-state index is 0.120. The van der Waals surface area contributed by atoms with Gasteiger partial charge in [0, 0.05) is 11.8 Å². The molecule has 3 heteroatoms. The highest BCUT2D eigenvalue weighted by Crippen LogP contribution is 2.29. The van der Waals surface area contributed by atoms with Crippen molar-refractivity contribution in [2.45, 2.75) is 65.6 Å². The lowest BCUT2D eigenvalue weighted by atomic mass is 9.98. The Hall–Kier alpha value is -2.16. The van der Waals surface area contributed by atoms with Gasteiger partial charge in [-0.25, -0.2) is 0 Å². The first kappa shape index (κ1) is 20.2. The first-order valence-electron chi connectivity index (χ1n) is 9.79. The predicted molar refractivity (Wildman–Crippen MR) is 111 cm³/mol. The van der Waals surface area contributed by atoms with Crippen molar-refractivity contribution in [2.24, 2.45) is 0 Å². The molecule has 0 aromatic heterocycles. The molecule has 0 aliphatic carbocycles. The van der Waals surface area contributed by atoms with Gasteiger partial charge in [0.1, 0.15) is 17.6 Å². The van der Waals surface area contributed by atoms with Gasteiger partial charge in [0.15, 0.2) is 0 Å². The van der Waals surface area contributed by atoms with Crippen molar-refractivity contribution in [3.63, 3.8) is 0 Å².